The van der Waals surface area contributed by atoms with Crippen molar-refractivity contribution in [1.82, 2.24) is 5.32 Å². The molecule has 1 aromatic carbocycles. The fourth-order valence-electron chi connectivity index (χ4n) is 2.49. The van der Waals surface area contributed by atoms with E-state index in [4.69, 9.17) is 9.47 Å². The average Bonchev–Trinajstić information content (AvgIpc) is 2.68. The molecule has 1 unspecified atom stereocenters. The second-order valence-electron chi connectivity index (χ2n) is 6.22. The first-order valence-electron chi connectivity index (χ1n) is 9.33. The maximum absolute atomic E-state index is 13.2. The van der Waals surface area contributed by atoms with E-state index in [-0.39, 0.29) is 30.6 Å². The summed E-state index contributed by atoms with van der Waals surface area (Å²) in [6.07, 6.45) is -0.410. The SMILES string of the molecule is CCOC(=O)CC(NC(=O)c1c(I)c(NC(C)=O)c(I)c(NC(C)=O)c1I)C(=O)OCC. The third kappa shape index (κ3) is 7.96. The van der Waals surface area contributed by atoms with E-state index in [1.807, 2.05) is 67.8 Å². The quantitative estimate of drug-likeness (QED) is 0.259. The second-order valence-corrected chi connectivity index (χ2v) is 9.45. The Hall–Kier alpha value is -1.24. The molecule has 0 bridgehead atoms. The van der Waals surface area contributed by atoms with E-state index in [1.54, 1.807) is 13.8 Å². The Morgan fingerprint density at radius 1 is 0.812 bits per heavy atom. The molecular formula is C19H22I3N3O7. The van der Waals surface area contributed by atoms with Gasteiger partial charge in [0, 0.05) is 13.8 Å². The van der Waals surface area contributed by atoms with Crippen LogP contribution in [0.15, 0.2) is 0 Å². The van der Waals surface area contributed by atoms with Gasteiger partial charge in [-0.2, -0.15) is 0 Å². The Balaban J connectivity index is 3.50. The lowest BCUT2D eigenvalue weighted by Gasteiger charge is -2.21. The first-order valence-corrected chi connectivity index (χ1v) is 12.6. The Bertz CT molecular complexity index is 894. The van der Waals surface area contributed by atoms with Gasteiger partial charge in [-0.1, -0.05) is 0 Å². The van der Waals surface area contributed by atoms with Crippen LogP contribution in [0.25, 0.3) is 0 Å². The van der Waals surface area contributed by atoms with Crippen molar-refractivity contribution in [1.29, 1.82) is 0 Å². The van der Waals surface area contributed by atoms with E-state index in [0.717, 1.165) is 0 Å². The molecule has 176 valence electrons. The molecule has 3 N–H and O–H groups in total. The van der Waals surface area contributed by atoms with Crippen LogP contribution in [0.1, 0.15) is 44.5 Å². The molecule has 1 aromatic rings. The maximum Gasteiger partial charge on any atom is 0.329 e. The summed E-state index contributed by atoms with van der Waals surface area (Å²) in [4.78, 5) is 60.9. The van der Waals surface area contributed by atoms with Crippen molar-refractivity contribution in [3.63, 3.8) is 0 Å². The lowest BCUT2D eigenvalue weighted by molar-refractivity contribution is -0.152. The summed E-state index contributed by atoms with van der Waals surface area (Å²) >= 11 is 5.78. The van der Waals surface area contributed by atoms with Crippen molar-refractivity contribution in [3.05, 3.63) is 16.3 Å². The molecule has 0 heterocycles. The molecule has 0 aromatic heterocycles. The van der Waals surface area contributed by atoms with Crippen molar-refractivity contribution in [2.24, 2.45) is 0 Å². The van der Waals surface area contributed by atoms with E-state index in [1.165, 1.54) is 13.8 Å². The highest BCUT2D eigenvalue weighted by Gasteiger charge is 2.30. The van der Waals surface area contributed by atoms with Crippen LogP contribution in [0, 0.1) is 10.7 Å². The minimum absolute atomic E-state index is 0.0615. The molecule has 0 aliphatic rings. The minimum atomic E-state index is -1.28. The van der Waals surface area contributed by atoms with Crippen molar-refractivity contribution in [2.75, 3.05) is 23.8 Å². The summed E-state index contributed by atoms with van der Waals surface area (Å²) in [7, 11) is 0. The van der Waals surface area contributed by atoms with Crippen LogP contribution in [0.2, 0.25) is 0 Å². The van der Waals surface area contributed by atoms with Crippen LogP contribution in [0.4, 0.5) is 11.4 Å². The maximum atomic E-state index is 13.2. The Labute approximate surface area is 226 Å². The van der Waals surface area contributed by atoms with E-state index >= 15 is 0 Å². The zero-order valence-electron chi connectivity index (χ0n) is 17.7. The van der Waals surface area contributed by atoms with Gasteiger partial charge in [-0.25, -0.2) is 4.79 Å². The highest BCUT2D eigenvalue weighted by atomic mass is 127. The molecule has 1 rings (SSSR count). The molecule has 0 saturated heterocycles. The van der Waals surface area contributed by atoms with E-state index < -0.39 is 30.3 Å². The summed E-state index contributed by atoms with van der Waals surface area (Å²) in [5.41, 5.74) is 0.800. The van der Waals surface area contributed by atoms with Gasteiger partial charge < -0.3 is 25.4 Å². The van der Waals surface area contributed by atoms with Gasteiger partial charge in [-0.15, -0.1) is 0 Å². The zero-order valence-corrected chi connectivity index (χ0v) is 24.2. The van der Waals surface area contributed by atoms with Crippen LogP contribution in [-0.2, 0) is 28.7 Å². The fraction of sp³-hybridized carbons (Fsp3) is 0.421. The van der Waals surface area contributed by atoms with Gasteiger partial charge in [0.25, 0.3) is 5.91 Å². The Kier molecular flexibility index (Phi) is 12.1. The lowest BCUT2D eigenvalue weighted by atomic mass is 10.1. The molecule has 0 fully saturated rings. The predicted molar refractivity (Wildman–Crippen MR) is 142 cm³/mol. The van der Waals surface area contributed by atoms with Crippen LogP contribution in [0.5, 0.6) is 0 Å². The summed E-state index contributed by atoms with van der Waals surface area (Å²) in [5, 5.41) is 7.85. The van der Waals surface area contributed by atoms with Crippen LogP contribution in [0.3, 0.4) is 0 Å². The highest BCUT2D eigenvalue weighted by molar-refractivity contribution is 14.1. The molecule has 0 aliphatic heterocycles. The standard InChI is InChI=1S/C19H22I3N3O7/c1-5-31-11(28)7-10(19(30)32-6-2)25-18(29)12-13(20)16(23-8(3)26)15(22)17(14(12)21)24-9(4)27/h10H,5-7H2,1-4H3,(H,23,26)(H,24,27)(H,25,29). The van der Waals surface area contributed by atoms with Gasteiger partial charge in [0.05, 0.1) is 47.3 Å². The summed E-state index contributed by atoms with van der Waals surface area (Å²) in [6, 6.07) is -1.28. The van der Waals surface area contributed by atoms with Gasteiger partial charge in [-0.3, -0.25) is 19.2 Å². The van der Waals surface area contributed by atoms with Crippen LogP contribution < -0.4 is 16.0 Å². The first-order chi connectivity index (χ1) is 14.9. The second kappa shape index (κ2) is 13.5. The number of hydrogen-bond acceptors (Lipinski definition) is 7. The van der Waals surface area contributed by atoms with Crippen molar-refractivity contribution >= 4 is 109 Å². The largest absolute Gasteiger partial charge is 0.466 e. The monoisotopic (exact) mass is 785 g/mol. The summed E-state index contributed by atoms with van der Waals surface area (Å²) < 4.78 is 11.2. The number of carbonyl (C=O) groups is 5. The number of benzene rings is 1. The molecule has 3 amide bonds. The average molecular weight is 785 g/mol. The molecule has 1 atom stereocenters. The van der Waals surface area contributed by atoms with Crippen molar-refractivity contribution in [3.8, 4) is 0 Å². The summed E-state index contributed by atoms with van der Waals surface area (Å²) in [5.74, 6) is -2.87. The van der Waals surface area contributed by atoms with Crippen LogP contribution >= 0.6 is 67.8 Å². The predicted octanol–water partition coefficient (Wildman–Crippen LogP) is 3.03. The van der Waals surface area contributed by atoms with Gasteiger partial charge >= 0.3 is 11.9 Å². The minimum Gasteiger partial charge on any atom is -0.466 e. The molecule has 0 saturated carbocycles. The number of anilines is 2. The summed E-state index contributed by atoms with van der Waals surface area (Å²) in [6.45, 7) is 6.04. The fourth-order valence-corrected chi connectivity index (χ4v) is 6.68. The first kappa shape index (κ1) is 28.8. The van der Waals surface area contributed by atoms with Gasteiger partial charge in [0.2, 0.25) is 11.8 Å². The Morgan fingerprint density at radius 2 is 1.28 bits per heavy atom. The number of esters is 2. The topological polar surface area (TPSA) is 140 Å². The van der Waals surface area contributed by atoms with Gasteiger partial charge in [0.15, 0.2) is 0 Å². The van der Waals surface area contributed by atoms with Crippen molar-refractivity contribution < 1.29 is 33.4 Å². The lowest BCUT2D eigenvalue weighted by Crippen LogP contribution is -2.44. The molecule has 13 heteroatoms. The van der Waals surface area contributed by atoms with E-state index in [0.29, 0.717) is 22.1 Å². The van der Waals surface area contributed by atoms with Crippen LogP contribution in [-0.4, -0.2) is 48.9 Å². The zero-order chi connectivity index (χ0) is 24.6. The van der Waals surface area contributed by atoms with E-state index in [9.17, 15) is 24.0 Å². The number of carbonyl (C=O) groups excluding carboxylic acids is 5. The number of halogens is 3. The normalized spacial score (nSPS) is 11.2. The van der Waals surface area contributed by atoms with E-state index in [2.05, 4.69) is 16.0 Å². The van der Waals surface area contributed by atoms with Gasteiger partial charge in [0.1, 0.15) is 6.04 Å². The smallest absolute Gasteiger partial charge is 0.329 e. The Morgan fingerprint density at radius 3 is 1.69 bits per heavy atom. The number of nitrogens with one attached hydrogen (secondary N) is 3. The highest BCUT2D eigenvalue weighted by Crippen LogP contribution is 2.39. The number of hydrogen-bond donors (Lipinski definition) is 3. The van der Waals surface area contributed by atoms with Gasteiger partial charge in [-0.05, 0) is 81.6 Å². The number of amides is 3. The molecule has 0 radical (unpaired) electrons. The molecular weight excluding hydrogens is 763 g/mol. The molecule has 10 nitrogen and oxygen atoms in total. The number of rotatable bonds is 9. The molecule has 0 aliphatic carbocycles. The third-order valence-corrected chi connectivity index (χ3v) is 6.93. The third-order valence-electron chi connectivity index (χ3n) is 3.70. The molecule has 0 spiro atoms. The number of ether oxygens (including phenoxy) is 2. The molecule has 32 heavy (non-hydrogen) atoms. The van der Waals surface area contributed by atoms with Crippen molar-refractivity contribution in [2.45, 2.75) is 40.2 Å².